The summed E-state index contributed by atoms with van der Waals surface area (Å²) in [6, 6.07) is 6.63. The average Bonchev–Trinajstić information content (AvgIpc) is 2.38. The van der Waals surface area contributed by atoms with Crippen LogP contribution in [0.5, 0.6) is 0 Å². The molecule has 1 amide bonds. The van der Waals surface area contributed by atoms with Gasteiger partial charge in [-0.1, -0.05) is 19.1 Å². The minimum atomic E-state index is -0.491. The maximum atomic E-state index is 13.2. The summed E-state index contributed by atoms with van der Waals surface area (Å²) in [5, 5.41) is 6.00. The summed E-state index contributed by atoms with van der Waals surface area (Å²) in [5.41, 5.74) is 0.422. The molecule has 1 aromatic carbocycles. The van der Waals surface area contributed by atoms with E-state index in [9.17, 15) is 9.18 Å². The first-order valence-electron chi connectivity index (χ1n) is 6.61. The molecule has 1 rings (SSSR count). The third-order valence-corrected chi connectivity index (χ3v) is 3.29. The van der Waals surface area contributed by atoms with Gasteiger partial charge < -0.3 is 10.6 Å². The monoisotopic (exact) mass is 266 g/mol. The minimum Gasteiger partial charge on any atom is -0.359 e. The zero-order valence-corrected chi connectivity index (χ0v) is 12.1. The number of carbonyl (C=O) groups is 1. The highest BCUT2D eigenvalue weighted by Crippen LogP contribution is 2.20. The molecule has 0 heterocycles. The van der Waals surface area contributed by atoms with Crippen molar-refractivity contribution in [2.75, 3.05) is 13.6 Å². The molecule has 0 aliphatic rings. The smallest absolute Gasteiger partial charge is 0.226 e. The Morgan fingerprint density at radius 2 is 2.11 bits per heavy atom. The number of amides is 1. The minimum absolute atomic E-state index is 0.00547. The molecule has 0 bridgehead atoms. The van der Waals surface area contributed by atoms with Gasteiger partial charge in [0.05, 0.1) is 5.41 Å². The van der Waals surface area contributed by atoms with Gasteiger partial charge in [-0.25, -0.2) is 4.39 Å². The van der Waals surface area contributed by atoms with E-state index in [0.29, 0.717) is 6.54 Å². The second kappa shape index (κ2) is 6.66. The maximum absolute atomic E-state index is 13.2. The molecule has 0 fully saturated rings. The van der Waals surface area contributed by atoms with Crippen molar-refractivity contribution in [1.82, 2.24) is 10.6 Å². The molecule has 1 unspecified atom stereocenters. The summed E-state index contributed by atoms with van der Waals surface area (Å²) in [7, 11) is 1.63. The Labute approximate surface area is 114 Å². The number of hydrogen-bond donors (Lipinski definition) is 2. The Kier molecular flexibility index (Phi) is 5.48. The Hall–Kier alpha value is -1.42. The molecule has 0 aliphatic carbocycles. The van der Waals surface area contributed by atoms with Crippen molar-refractivity contribution in [3.8, 4) is 0 Å². The van der Waals surface area contributed by atoms with E-state index in [1.165, 1.54) is 12.1 Å². The van der Waals surface area contributed by atoms with Crippen LogP contribution in [0, 0.1) is 11.2 Å². The number of carbonyl (C=O) groups excluding carboxylic acids is 1. The number of halogens is 1. The van der Waals surface area contributed by atoms with E-state index in [1.807, 2.05) is 26.8 Å². The van der Waals surface area contributed by atoms with Crippen LogP contribution in [0.25, 0.3) is 0 Å². The first-order valence-corrected chi connectivity index (χ1v) is 6.61. The standard InChI is InChI=1S/C15H23FN2O/c1-5-13(11-7-6-8-12(16)9-11)18-10-15(2,3)14(19)17-4/h6-9,13,18H,5,10H2,1-4H3,(H,17,19). The molecule has 1 atom stereocenters. The molecule has 2 N–H and O–H groups in total. The summed E-state index contributed by atoms with van der Waals surface area (Å²) in [6.07, 6.45) is 0.841. The van der Waals surface area contributed by atoms with Gasteiger partial charge in [0.15, 0.2) is 0 Å². The van der Waals surface area contributed by atoms with Crippen molar-refractivity contribution in [1.29, 1.82) is 0 Å². The fraction of sp³-hybridized carbons (Fsp3) is 0.533. The molecule has 106 valence electrons. The van der Waals surface area contributed by atoms with Crippen molar-refractivity contribution < 1.29 is 9.18 Å². The number of rotatable bonds is 6. The van der Waals surface area contributed by atoms with Crippen molar-refractivity contribution >= 4 is 5.91 Å². The summed E-state index contributed by atoms with van der Waals surface area (Å²) >= 11 is 0. The van der Waals surface area contributed by atoms with Crippen LogP contribution in [-0.2, 0) is 4.79 Å². The fourth-order valence-corrected chi connectivity index (χ4v) is 2.02. The van der Waals surface area contributed by atoms with Gasteiger partial charge in [-0.05, 0) is 38.0 Å². The highest BCUT2D eigenvalue weighted by atomic mass is 19.1. The molecule has 0 radical (unpaired) electrons. The van der Waals surface area contributed by atoms with Crippen molar-refractivity contribution in [3.05, 3.63) is 35.6 Å². The molecule has 4 heteroatoms. The summed E-state index contributed by atoms with van der Waals surface area (Å²) in [4.78, 5) is 11.7. The van der Waals surface area contributed by atoms with Crippen LogP contribution < -0.4 is 10.6 Å². The van der Waals surface area contributed by atoms with E-state index in [1.54, 1.807) is 13.1 Å². The molecule has 19 heavy (non-hydrogen) atoms. The number of benzene rings is 1. The fourth-order valence-electron chi connectivity index (χ4n) is 2.02. The zero-order chi connectivity index (χ0) is 14.5. The first-order chi connectivity index (χ1) is 8.90. The third-order valence-electron chi connectivity index (χ3n) is 3.29. The summed E-state index contributed by atoms with van der Waals surface area (Å²) in [5.74, 6) is -0.239. The van der Waals surface area contributed by atoms with Crippen LogP contribution in [0.4, 0.5) is 4.39 Å². The molecule has 0 spiro atoms. The summed E-state index contributed by atoms with van der Waals surface area (Å²) in [6.45, 7) is 6.35. The van der Waals surface area contributed by atoms with E-state index in [0.717, 1.165) is 12.0 Å². The quantitative estimate of drug-likeness (QED) is 0.831. The van der Waals surface area contributed by atoms with Gasteiger partial charge >= 0.3 is 0 Å². The lowest BCUT2D eigenvalue weighted by Crippen LogP contribution is -2.43. The maximum Gasteiger partial charge on any atom is 0.226 e. The van der Waals surface area contributed by atoms with Crippen molar-refractivity contribution in [3.63, 3.8) is 0 Å². The van der Waals surface area contributed by atoms with Gasteiger partial charge in [0.25, 0.3) is 0 Å². The molecule has 0 saturated carbocycles. The topological polar surface area (TPSA) is 41.1 Å². The molecule has 1 aromatic rings. The molecule has 3 nitrogen and oxygen atoms in total. The highest BCUT2D eigenvalue weighted by Gasteiger charge is 2.27. The van der Waals surface area contributed by atoms with Crippen LogP contribution >= 0.6 is 0 Å². The van der Waals surface area contributed by atoms with E-state index in [-0.39, 0.29) is 17.8 Å². The lowest BCUT2D eigenvalue weighted by Gasteiger charge is -2.26. The zero-order valence-electron chi connectivity index (χ0n) is 12.1. The lowest BCUT2D eigenvalue weighted by molar-refractivity contribution is -0.128. The van der Waals surface area contributed by atoms with Crippen molar-refractivity contribution in [2.24, 2.45) is 5.41 Å². The average molecular weight is 266 g/mol. The van der Waals surface area contributed by atoms with Crippen LogP contribution in [-0.4, -0.2) is 19.5 Å². The van der Waals surface area contributed by atoms with Gasteiger partial charge in [-0.15, -0.1) is 0 Å². The Morgan fingerprint density at radius 1 is 1.42 bits per heavy atom. The molecular weight excluding hydrogens is 243 g/mol. The van der Waals surface area contributed by atoms with Gasteiger partial charge in [0.2, 0.25) is 5.91 Å². The summed E-state index contributed by atoms with van der Waals surface area (Å²) < 4.78 is 13.2. The highest BCUT2D eigenvalue weighted by molar-refractivity contribution is 5.81. The van der Waals surface area contributed by atoms with E-state index in [4.69, 9.17) is 0 Å². The van der Waals surface area contributed by atoms with Crippen molar-refractivity contribution in [2.45, 2.75) is 33.2 Å². The van der Waals surface area contributed by atoms with Crippen LogP contribution in [0.2, 0.25) is 0 Å². The third kappa shape index (κ3) is 4.31. The molecule has 0 saturated heterocycles. The molecule has 0 aliphatic heterocycles. The van der Waals surface area contributed by atoms with Gasteiger partial charge in [0, 0.05) is 19.6 Å². The number of hydrogen-bond acceptors (Lipinski definition) is 2. The van der Waals surface area contributed by atoms with E-state index < -0.39 is 5.41 Å². The second-order valence-corrected chi connectivity index (χ2v) is 5.36. The lowest BCUT2D eigenvalue weighted by atomic mass is 9.91. The van der Waals surface area contributed by atoms with Crippen LogP contribution in [0.1, 0.15) is 38.8 Å². The molecule has 0 aromatic heterocycles. The Bertz CT molecular complexity index is 432. The van der Waals surface area contributed by atoms with Gasteiger partial charge in [-0.2, -0.15) is 0 Å². The van der Waals surface area contributed by atoms with E-state index in [2.05, 4.69) is 10.6 Å². The Balaban J connectivity index is 2.71. The SMILES string of the molecule is CCC(NCC(C)(C)C(=O)NC)c1cccc(F)c1. The van der Waals surface area contributed by atoms with Crippen LogP contribution in [0.3, 0.4) is 0 Å². The van der Waals surface area contributed by atoms with Crippen LogP contribution in [0.15, 0.2) is 24.3 Å². The second-order valence-electron chi connectivity index (χ2n) is 5.36. The normalized spacial score (nSPS) is 13.1. The van der Waals surface area contributed by atoms with E-state index >= 15 is 0 Å². The largest absolute Gasteiger partial charge is 0.359 e. The molecular formula is C15H23FN2O. The predicted molar refractivity (Wildman–Crippen MR) is 75.3 cm³/mol. The van der Waals surface area contributed by atoms with Gasteiger partial charge in [-0.3, -0.25) is 4.79 Å². The Morgan fingerprint density at radius 3 is 2.63 bits per heavy atom. The first kappa shape index (κ1) is 15.6. The number of nitrogens with one attached hydrogen (secondary N) is 2. The van der Waals surface area contributed by atoms with Gasteiger partial charge in [0.1, 0.15) is 5.82 Å². The predicted octanol–water partition coefficient (Wildman–Crippen LogP) is 2.64.